The van der Waals surface area contributed by atoms with Crippen LogP contribution >= 0.6 is 0 Å². The smallest absolute Gasteiger partial charge is 0.152 e. The first-order valence-corrected chi connectivity index (χ1v) is 7.74. The van der Waals surface area contributed by atoms with E-state index in [1.807, 2.05) is 4.57 Å². The summed E-state index contributed by atoms with van der Waals surface area (Å²) in [6.45, 7) is 4.90. The average molecular weight is 257 g/mol. The molecule has 0 bridgehead atoms. The summed E-state index contributed by atoms with van der Waals surface area (Å²) in [5.74, 6) is 0.547. The van der Waals surface area contributed by atoms with E-state index in [9.17, 15) is 8.42 Å². The highest BCUT2D eigenvalue weighted by molar-refractivity contribution is 7.91. The summed E-state index contributed by atoms with van der Waals surface area (Å²) in [7, 11) is -2.84. The second-order valence-corrected chi connectivity index (χ2v) is 7.11. The van der Waals surface area contributed by atoms with E-state index < -0.39 is 9.84 Å². The molecule has 2 rings (SSSR count). The fourth-order valence-electron chi connectivity index (χ4n) is 2.10. The van der Waals surface area contributed by atoms with E-state index in [0.29, 0.717) is 18.2 Å². The molecule has 0 aliphatic carbocycles. The molecule has 5 nitrogen and oxygen atoms in total. The molecule has 1 aliphatic rings. The predicted molar refractivity (Wildman–Crippen MR) is 66.5 cm³/mol. The van der Waals surface area contributed by atoms with Gasteiger partial charge in [0.25, 0.3) is 0 Å². The van der Waals surface area contributed by atoms with Gasteiger partial charge >= 0.3 is 0 Å². The first-order chi connectivity index (χ1) is 7.98. The Kier molecular flexibility index (Phi) is 3.53. The van der Waals surface area contributed by atoms with Crippen molar-refractivity contribution in [3.05, 3.63) is 18.2 Å². The molecule has 2 heterocycles. The zero-order valence-corrected chi connectivity index (χ0v) is 11.1. The van der Waals surface area contributed by atoms with Gasteiger partial charge in [-0.3, -0.25) is 0 Å². The van der Waals surface area contributed by atoms with Crippen molar-refractivity contribution in [3.8, 4) is 0 Å². The molecule has 1 fully saturated rings. The molecule has 6 heteroatoms. The van der Waals surface area contributed by atoms with Crippen LogP contribution in [-0.2, 0) is 16.4 Å². The van der Waals surface area contributed by atoms with Crippen LogP contribution in [0.1, 0.15) is 32.0 Å². The first-order valence-electron chi connectivity index (χ1n) is 5.92. The van der Waals surface area contributed by atoms with Crippen LogP contribution in [0.3, 0.4) is 0 Å². The lowest BCUT2D eigenvalue weighted by molar-refractivity contribution is 0.505. The SMILES string of the molecule is CC(C)NCc1cncn1C1CCS(=O)(=O)C1. The molecular formula is C11H19N3O2S. The van der Waals surface area contributed by atoms with Crippen molar-refractivity contribution in [3.63, 3.8) is 0 Å². The Morgan fingerprint density at radius 3 is 2.94 bits per heavy atom. The molecule has 1 aromatic rings. The largest absolute Gasteiger partial charge is 0.329 e. The topological polar surface area (TPSA) is 64.0 Å². The minimum atomic E-state index is -2.84. The number of nitrogens with one attached hydrogen (secondary N) is 1. The van der Waals surface area contributed by atoms with Gasteiger partial charge in [0.15, 0.2) is 9.84 Å². The number of hydrogen-bond donors (Lipinski definition) is 1. The molecule has 0 spiro atoms. The Morgan fingerprint density at radius 1 is 1.59 bits per heavy atom. The van der Waals surface area contributed by atoms with Crippen molar-refractivity contribution < 1.29 is 8.42 Å². The van der Waals surface area contributed by atoms with Gasteiger partial charge in [0, 0.05) is 24.8 Å². The van der Waals surface area contributed by atoms with Crippen molar-refractivity contribution in [1.82, 2.24) is 14.9 Å². The van der Waals surface area contributed by atoms with Crippen LogP contribution in [0.4, 0.5) is 0 Å². The Hall–Kier alpha value is -0.880. The lowest BCUT2D eigenvalue weighted by Crippen LogP contribution is -2.24. The summed E-state index contributed by atoms with van der Waals surface area (Å²) in [5.41, 5.74) is 1.06. The van der Waals surface area contributed by atoms with Crippen LogP contribution in [0.2, 0.25) is 0 Å². The van der Waals surface area contributed by atoms with Gasteiger partial charge in [0.2, 0.25) is 0 Å². The first kappa shape index (κ1) is 12.6. The van der Waals surface area contributed by atoms with Crippen molar-refractivity contribution in [2.24, 2.45) is 0 Å². The summed E-state index contributed by atoms with van der Waals surface area (Å²) < 4.78 is 24.9. The third-order valence-electron chi connectivity index (χ3n) is 3.04. The van der Waals surface area contributed by atoms with E-state index in [4.69, 9.17) is 0 Å². The molecule has 1 aromatic heterocycles. The Labute approximate surface area is 102 Å². The zero-order valence-electron chi connectivity index (χ0n) is 10.3. The normalized spacial score (nSPS) is 23.4. The summed E-state index contributed by atoms with van der Waals surface area (Å²) in [6.07, 6.45) is 4.25. The fraction of sp³-hybridized carbons (Fsp3) is 0.727. The highest BCUT2D eigenvalue weighted by Crippen LogP contribution is 2.24. The molecule has 17 heavy (non-hydrogen) atoms. The molecule has 1 atom stereocenters. The molecule has 1 unspecified atom stereocenters. The molecule has 1 aliphatic heterocycles. The van der Waals surface area contributed by atoms with Gasteiger partial charge < -0.3 is 9.88 Å². The molecule has 1 N–H and O–H groups in total. The van der Waals surface area contributed by atoms with Crippen LogP contribution in [-0.4, -0.2) is 35.5 Å². The average Bonchev–Trinajstić information content (AvgIpc) is 2.80. The standard InChI is InChI=1S/C11H19N3O2S/c1-9(2)13-6-11-5-12-8-14(11)10-3-4-17(15,16)7-10/h5,8-10,13H,3-4,6-7H2,1-2H3. The summed E-state index contributed by atoms with van der Waals surface area (Å²) in [5, 5.41) is 3.32. The monoisotopic (exact) mass is 257 g/mol. The van der Waals surface area contributed by atoms with Crippen molar-refractivity contribution >= 4 is 9.84 Å². The molecule has 96 valence electrons. The van der Waals surface area contributed by atoms with E-state index in [0.717, 1.165) is 12.2 Å². The van der Waals surface area contributed by atoms with E-state index in [1.165, 1.54) is 0 Å². The van der Waals surface area contributed by atoms with E-state index in [-0.39, 0.29) is 11.8 Å². The number of sulfone groups is 1. The lowest BCUT2D eigenvalue weighted by atomic mass is 10.2. The van der Waals surface area contributed by atoms with Crippen LogP contribution in [0.5, 0.6) is 0 Å². The Balaban J connectivity index is 2.09. The van der Waals surface area contributed by atoms with Gasteiger partial charge in [-0.1, -0.05) is 13.8 Å². The van der Waals surface area contributed by atoms with Gasteiger partial charge in [-0.15, -0.1) is 0 Å². The van der Waals surface area contributed by atoms with Crippen LogP contribution in [0.15, 0.2) is 12.5 Å². The quantitative estimate of drug-likeness (QED) is 0.864. The number of imidazole rings is 1. The summed E-state index contributed by atoms with van der Waals surface area (Å²) in [6, 6.07) is 0.470. The van der Waals surface area contributed by atoms with Crippen LogP contribution in [0, 0.1) is 0 Å². The molecule has 0 aromatic carbocycles. The molecule has 0 radical (unpaired) electrons. The van der Waals surface area contributed by atoms with Crippen molar-refractivity contribution in [2.45, 2.75) is 38.9 Å². The molecule has 1 saturated heterocycles. The molecule has 0 saturated carbocycles. The third-order valence-corrected chi connectivity index (χ3v) is 4.79. The highest BCUT2D eigenvalue weighted by Gasteiger charge is 2.29. The maximum atomic E-state index is 11.5. The Bertz CT molecular complexity index is 479. The molecular weight excluding hydrogens is 238 g/mol. The van der Waals surface area contributed by atoms with Crippen molar-refractivity contribution in [2.75, 3.05) is 11.5 Å². The second-order valence-electron chi connectivity index (χ2n) is 4.88. The maximum Gasteiger partial charge on any atom is 0.152 e. The number of aromatic nitrogens is 2. The van der Waals surface area contributed by atoms with Gasteiger partial charge in [-0.2, -0.15) is 0 Å². The number of nitrogens with zero attached hydrogens (tertiary/aromatic N) is 2. The summed E-state index contributed by atoms with van der Waals surface area (Å²) in [4.78, 5) is 4.12. The van der Waals surface area contributed by atoms with Gasteiger partial charge in [-0.25, -0.2) is 13.4 Å². The van der Waals surface area contributed by atoms with Gasteiger partial charge in [0.05, 0.1) is 23.5 Å². The molecule has 0 amide bonds. The second kappa shape index (κ2) is 4.78. The van der Waals surface area contributed by atoms with Gasteiger partial charge in [-0.05, 0) is 6.42 Å². The third kappa shape index (κ3) is 3.07. The van der Waals surface area contributed by atoms with Gasteiger partial charge in [0.1, 0.15) is 0 Å². The van der Waals surface area contributed by atoms with E-state index in [1.54, 1.807) is 12.5 Å². The van der Waals surface area contributed by atoms with E-state index >= 15 is 0 Å². The predicted octanol–water partition coefficient (Wildman–Crippen LogP) is 0.741. The Morgan fingerprint density at radius 2 is 2.35 bits per heavy atom. The minimum Gasteiger partial charge on any atom is -0.329 e. The highest BCUT2D eigenvalue weighted by atomic mass is 32.2. The fourth-order valence-corrected chi connectivity index (χ4v) is 3.81. The minimum absolute atomic E-state index is 0.0615. The maximum absolute atomic E-state index is 11.5. The number of hydrogen-bond acceptors (Lipinski definition) is 4. The lowest BCUT2D eigenvalue weighted by Gasteiger charge is -2.15. The van der Waals surface area contributed by atoms with Crippen molar-refractivity contribution in [1.29, 1.82) is 0 Å². The zero-order chi connectivity index (χ0) is 12.5. The number of rotatable bonds is 4. The summed E-state index contributed by atoms with van der Waals surface area (Å²) >= 11 is 0. The van der Waals surface area contributed by atoms with Crippen LogP contribution < -0.4 is 5.32 Å². The van der Waals surface area contributed by atoms with Crippen LogP contribution in [0.25, 0.3) is 0 Å². The van der Waals surface area contributed by atoms with E-state index in [2.05, 4.69) is 24.1 Å².